The van der Waals surface area contributed by atoms with Gasteiger partial charge in [0.1, 0.15) is 0 Å². The minimum atomic E-state index is -1.08. The maximum absolute atomic E-state index is 10.8. The summed E-state index contributed by atoms with van der Waals surface area (Å²) in [7, 11) is 2.36. The fourth-order valence-corrected chi connectivity index (χ4v) is 0.559. The average Bonchev–Trinajstić information content (AvgIpc) is 2.12. The standard InChI is InChI=1S/C6H10N2O4/c1-11-5(9)3-4(8-7)6(10)12-2/h4,7H,3H2,1-2H3. The smallest absolute Gasteiger partial charge is 0.333 e. The molecule has 0 aromatic carbocycles. The zero-order valence-corrected chi connectivity index (χ0v) is 6.86. The van der Waals surface area contributed by atoms with Gasteiger partial charge in [-0.2, -0.15) is 5.11 Å². The molecule has 0 saturated carbocycles. The van der Waals surface area contributed by atoms with E-state index < -0.39 is 18.0 Å². The number of nitrogens with zero attached hydrogens (tertiary/aromatic N) is 1. The molecule has 12 heavy (non-hydrogen) atoms. The molecule has 0 spiro atoms. The Hall–Kier alpha value is -1.46. The van der Waals surface area contributed by atoms with E-state index in [9.17, 15) is 9.59 Å². The van der Waals surface area contributed by atoms with E-state index >= 15 is 0 Å². The van der Waals surface area contributed by atoms with Crippen molar-refractivity contribution in [2.24, 2.45) is 5.11 Å². The van der Waals surface area contributed by atoms with Gasteiger partial charge in [-0.1, -0.05) is 0 Å². The third-order valence-corrected chi connectivity index (χ3v) is 1.22. The van der Waals surface area contributed by atoms with Crippen LogP contribution in [0.4, 0.5) is 0 Å². The van der Waals surface area contributed by atoms with Crippen LogP contribution in [0, 0.1) is 5.53 Å². The number of ether oxygens (including phenoxy) is 2. The summed E-state index contributed by atoms with van der Waals surface area (Å²) in [6.45, 7) is 0. The Bertz CT molecular complexity index is 192. The Morgan fingerprint density at radius 2 is 2.00 bits per heavy atom. The van der Waals surface area contributed by atoms with E-state index in [4.69, 9.17) is 5.53 Å². The topological polar surface area (TPSA) is 88.8 Å². The van der Waals surface area contributed by atoms with Gasteiger partial charge in [0.25, 0.3) is 0 Å². The molecule has 0 amide bonds. The van der Waals surface area contributed by atoms with Crippen LogP contribution in [0.5, 0.6) is 0 Å². The highest BCUT2D eigenvalue weighted by molar-refractivity contribution is 5.82. The molecule has 0 fully saturated rings. The maximum atomic E-state index is 10.8. The summed E-state index contributed by atoms with van der Waals surface area (Å²) in [5, 5.41) is 2.92. The number of hydrogen-bond acceptors (Lipinski definition) is 6. The normalized spacial score (nSPS) is 11.5. The van der Waals surface area contributed by atoms with Crippen LogP contribution in [-0.2, 0) is 19.1 Å². The predicted octanol–water partition coefficient (Wildman–Crippen LogP) is 0.122. The molecule has 0 aromatic heterocycles. The summed E-state index contributed by atoms with van der Waals surface area (Å²) in [5.74, 6) is -1.31. The van der Waals surface area contributed by atoms with Gasteiger partial charge in [0.15, 0.2) is 6.04 Å². The first-order chi connectivity index (χ1) is 5.65. The Kier molecular flexibility index (Phi) is 4.59. The largest absolute Gasteiger partial charge is 0.469 e. The van der Waals surface area contributed by atoms with E-state index in [1.54, 1.807) is 0 Å². The van der Waals surface area contributed by atoms with Gasteiger partial charge in [0.05, 0.1) is 20.6 Å². The van der Waals surface area contributed by atoms with Crippen molar-refractivity contribution < 1.29 is 19.1 Å². The van der Waals surface area contributed by atoms with Crippen molar-refractivity contribution in [1.82, 2.24) is 0 Å². The van der Waals surface area contributed by atoms with Crippen LogP contribution < -0.4 is 0 Å². The van der Waals surface area contributed by atoms with E-state index in [2.05, 4.69) is 14.6 Å². The van der Waals surface area contributed by atoms with Crippen LogP contribution >= 0.6 is 0 Å². The molecule has 0 bridgehead atoms. The number of rotatable bonds is 4. The van der Waals surface area contributed by atoms with Gasteiger partial charge in [-0.15, -0.1) is 0 Å². The first-order valence-corrected chi connectivity index (χ1v) is 3.17. The monoisotopic (exact) mass is 174 g/mol. The van der Waals surface area contributed by atoms with Crippen LogP contribution in [0.25, 0.3) is 0 Å². The zero-order chi connectivity index (χ0) is 9.56. The Labute approximate surface area is 69.4 Å². The van der Waals surface area contributed by atoms with E-state index in [1.807, 2.05) is 0 Å². The van der Waals surface area contributed by atoms with Crippen LogP contribution in [0.1, 0.15) is 6.42 Å². The predicted molar refractivity (Wildman–Crippen MR) is 37.6 cm³/mol. The van der Waals surface area contributed by atoms with Crippen molar-refractivity contribution in [3.05, 3.63) is 0 Å². The molecule has 0 aliphatic rings. The van der Waals surface area contributed by atoms with Crippen LogP contribution in [-0.4, -0.2) is 32.2 Å². The lowest BCUT2D eigenvalue weighted by Crippen LogP contribution is -2.23. The molecule has 0 heterocycles. The summed E-state index contributed by atoms with van der Waals surface area (Å²) in [6.07, 6.45) is -0.257. The molecule has 0 rings (SSSR count). The van der Waals surface area contributed by atoms with Crippen LogP contribution in [0.3, 0.4) is 0 Å². The van der Waals surface area contributed by atoms with Gasteiger partial charge < -0.3 is 9.47 Å². The number of methoxy groups -OCH3 is 2. The van der Waals surface area contributed by atoms with E-state index in [-0.39, 0.29) is 6.42 Å². The minimum Gasteiger partial charge on any atom is -0.469 e. The molecule has 0 radical (unpaired) electrons. The summed E-state index contributed by atoms with van der Waals surface area (Å²) in [4.78, 5) is 21.4. The van der Waals surface area contributed by atoms with E-state index in [1.165, 1.54) is 7.11 Å². The summed E-state index contributed by atoms with van der Waals surface area (Å²) in [5.41, 5.74) is 6.58. The molecular weight excluding hydrogens is 164 g/mol. The Balaban J connectivity index is 4.08. The second-order valence-corrected chi connectivity index (χ2v) is 1.95. The molecule has 1 N–H and O–H groups in total. The highest BCUT2D eigenvalue weighted by Gasteiger charge is 2.21. The number of carbonyl (C=O) groups excluding carboxylic acids is 2. The molecular formula is C6H10N2O4. The number of carbonyl (C=O) groups is 2. The summed E-state index contributed by atoms with van der Waals surface area (Å²) < 4.78 is 8.58. The van der Waals surface area contributed by atoms with Gasteiger partial charge >= 0.3 is 11.9 Å². The summed E-state index contributed by atoms with van der Waals surface area (Å²) >= 11 is 0. The third-order valence-electron chi connectivity index (χ3n) is 1.22. The molecule has 0 aliphatic heterocycles. The lowest BCUT2D eigenvalue weighted by atomic mass is 10.2. The molecule has 68 valence electrons. The van der Waals surface area contributed by atoms with Crippen molar-refractivity contribution in [3.63, 3.8) is 0 Å². The van der Waals surface area contributed by atoms with Gasteiger partial charge in [-0.3, -0.25) is 4.79 Å². The molecule has 0 saturated heterocycles. The highest BCUT2D eigenvalue weighted by atomic mass is 16.5. The molecule has 1 unspecified atom stereocenters. The van der Waals surface area contributed by atoms with Crippen molar-refractivity contribution in [1.29, 1.82) is 5.53 Å². The molecule has 6 nitrogen and oxygen atoms in total. The molecule has 1 atom stereocenters. The van der Waals surface area contributed by atoms with E-state index in [0.29, 0.717) is 0 Å². The minimum absolute atomic E-state index is 0.257. The summed E-state index contributed by atoms with van der Waals surface area (Å²) in [6, 6.07) is -1.08. The molecule has 0 aliphatic carbocycles. The SMILES string of the molecule is COC(=O)CC(N=N)C(=O)OC. The fourth-order valence-electron chi connectivity index (χ4n) is 0.559. The van der Waals surface area contributed by atoms with Gasteiger partial charge in [0.2, 0.25) is 0 Å². The molecule has 6 heteroatoms. The zero-order valence-electron chi connectivity index (χ0n) is 6.86. The first kappa shape index (κ1) is 10.5. The number of esters is 2. The highest BCUT2D eigenvalue weighted by Crippen LogP contribution is 2.01. The third kappa shape index (κ3) is 3.09. The van der Waals surface area contributed by atoms with Gasteiger partial charge in [-0.25, -0.2) is 10.3 Å². The molecule has 0 aromatic rings. The van der Waals surface area contributed by atoms with Crippen molar-refractivity contribution >= 4 is 11.9 Å². The first-order valence-electron chi connectivity index (χ1n) is 3.17. The lowest BCUT2D eigenvalue weighted by Gasteiger charge is -2.05. The fraction of sp³-hybridized carbons (Fsp3) is 0.667. The quantitative estimate of drug-likeness (QED) is 0.484. The lowest BCUT2D eigenvalue weighted by molar-refractivity contribution is -0.148. The van der Waals surface area contributed by atoms with Crippen molar-refractivity contribution in [2.75, 3.05) is 14.2 Å². The maximum Gasteiger partial charge on any atom is 0.333 e. The van der Waals surface area contributed by atoms with Crippen LogP contribution in [0.2, 0.25) is 0 Å². The number of nitrogens with one attached hydrogen (secondary N) is 1. The van der Waals surface area contributed by atoms with E-state index in [0.717, 1.165) is 7.11 Å². The Morgan fingerprint density at radius 3 is 2.33 bits per heavy atom. The average molecular weight is 174 g/mol. The van der Waals surface area contributed by atoms with Crippen molar-refractivity contribution in [3.8, 4) is 0 Å². The van der Waals surface area contributed by atoms with Crippen molar-refractivity contribution in [2.45, 2.75) is 12.5 Å². The number of hydrogen-bond donors (Lipinski definition) is 1. The van der Waals surface area contributed by atoms with Gasteiger partial charge in [0, 0.05) is 0 Å². The van der Waals surface area contributed by atoms with Gasteiger partial charge in [-0.05, 0) is 0 Å². The second kappa shape index (κ2) is 5.22. The van der Waals surface area contributed by atoms with Crippen LogP contribution in [0.15, 0.2) is 5.11 Å². The second-order valence-electron chi connectivity index (χ2n) is 1.95. The Morgan fingerprint density at radius 1 is 1.42 bits per heavy atom.